The van der Waals surface area contributed by atoms with E-state index < -0.39 is 11.7 Å². The molecule has 6 heteroatoms. The zero-order valence-electron chi connectivity index (χ0n) is 13.6. The molecule has 0 aromatic heterocycles. The number of carbonyl (C=O) groups is 1. The Morgan fingerprint density at radius 1 is 1.36 bits per heavy atom. The summed E-state index contributed by atoms with van der Waals surface area (Å²) in [6.45, 7) is 5.89. The monoisotopic (exact) mass is 308 g/mol. The molecule has 1 fully saturated rings. The second-order valence-corrected chi connectivity index (χ2v) is 6.63. The lowest BCUT2D eigenvalue weighted by Crippen LogP contribution is -2.28. The highest BCUT2D eigenvalue weighted by Gasteiger charge is 2.46. The highest BCUT2D eigenvalue weighted by atomic mass is 16.6. The molecule has 1 aromatic carbocycles. The summed E-state index contributed by atoms with van der Waals surface area (Å²) in [5.41, 5.74) is 0.972. The molecule has 1 aromatic rings. The third kappa shape index (κ3) is 3.90. The van der Waals surface area contributed by atoms with Crippen LogP contribution in [-0.4, -0.2) is 25.4 Å². The van der Waals surface area contributed by atoms with Crippen molar-refractivity contribution in [3.63, 3.8) is 0 Å². The normalized spacial score (nSPS) is 16.0. The van der Waals surface area contributed by atoms with Crippen LogP contribution < -0.4 is 16.0 Å². The van der Waals surface area contributed by atoms with Crippen LogP contribution in [0.15, 0.2) is 18.2 Å². The van der Waals surface area contributed by atoms with Gasteiger partial charge in [-0.2, -0.15) is 0 Å². The Bertz CT molecular complexity index is 548. The van der Waals surface area contributed by atoms with Gasteiger partial charge in [-0.3, -0.25) is 5.32 Å². The first-order valence-corrected chi connectivity index (χ1v) is 7.30. The summed E-state index contributed by atoms with van der Waals surface area (Å²) in [5, 5.41) is 2.81. The van der Waals surface area contributed by atoms with Gasteiger partial charge in [0.05, 0.1) is 19.4 Å². The number of nitrogens with one attached hydrogen (secondary N) is 1. The van der Waals surface area contributed by atoms with Crippen LogP contribution in [-0.2, 0) is 15.0 Å². The lowest BCUT2D eigenvalue weighted by molar-refractivity contribution is 0.0635. The molecule has 0 unspecified atom stereocenters. The summed E-state index contributed by atoms with van der Waals surface area (Å²) < 4.78 is 10.6. The molecule has 0 heterocycles. The maximum absolute atomic E-state index is 12.1. The zero-order chi connectivity index (χ0) is 16.4. The second-order valence-electron chi connectivity index (χ2n) is 6.63. The van der Waals surface area contributed by atoms with Crippen molar-refractivity contribution in [3.8, 4) is 5.75 Å². The van der Waals surface area contributed by atoms with Gasteiger partial charge in [-0.15, -0.1) is 0 Å². The Hall–Kier alpha value is -1.79. The zero-order valence-corrected chi connectivity index (χ0v) is 13.6. The number of ether oxygens (including phenoxy) is 2. The van der Waals surface area contributed by atoms with Gasteiger partial charge >= 0.3 is 6.09 Å². The SMILES string of the molecule is COc1ccc(C2(CON)CC2)c(NC(=O)OC(C)(C)C)c1. The molecule has 0 spiro atoms. The van der Waals surface area contributed by atoms with Gasteiger partial charge < -0.3 is 14.3 Å². The summed E-state index contributed by atoms with van der Waals surface area (Å²) in [4.78, 5) is 16.9. The van der Waals surface area contributed by atoms with E-state index in [0.29, 0.717) is 18.0 Å². The lowest BCUT2D eigenvalue weighted by atomic mass is 9.95. The number of nitrogens with two attached hydrogens (primary N) is 1. The minimum atomic E-state index is -0.555. The first-order chi connectivity index (χ1) is 10.3. The van der Waals surface area contributed by atoms with Crippen molar-refractivity contribution >= 4 is 11.8 Å². The van der Waals surface area contributed by atoms with Gasteiger partial charge in [0.15, 0.2) is 0 Å². The quantitative estimate of drug-likeness (QED) is 0.817. The molecule has 0 aliphatic heterocycles. The van der Waals surface area contributed by atoms with Crippen LogP contribution in [0.1, 0.15) is 39.2 Å². The molecule has 22 heavy (non-hydrogen) atoms. The Balaban J connectivity index is 2.26. The average Bonchev–Trinajstić information content (AvgIpc) is 3.17. The van der Waals surface area contributed by atoms with E-state index in [1.807, 2.05) is 32.9 Å². The van der Waals surface area contributed by atoms with Crippen molar-refractivity contribution in [1.29, 1.82) is 0 Å². The molecule has 122 valence electrons. The molecule has 2 rings (SSSR count). The van der Waals surface area contributed by atoms with E-state index in [4.69, 9.17) is 20.2 Å². The average molecular weight is 308 g/mol. The number of methoxy groups -OCH3 is 1. The van der Waals surface area contributed by atoms with E-state index >= 15 is 0 Å². The topological polar surface area (TPSA) is 82.8 Å². The van der Waals surface area contributed by atoms with Gasteiger partial charge in [-0.1, -0.05) is 6.07 Å². The second kappa shape index (κ2) is 6.14. The fraction of sp³-hybridized carbons (Fsp3) is 0.562. The number of rotatable bonds is 5. The molecule has 0 bridgehead atoms. The van der Waals surface area contributed by atoms with Crippen LogP contribution in [0.3, 0.4) is 0 Å². The predicted molar refractivity (Wildman–Crippen MR) is 83.9 cm³/mol. The molecular weight excluding hydrogens is 284 g/mol. The van der Waals surface area contributed by atoms with Crippen LogP contribution in [0.25, 0.3) is 0 Å². The number of carbonyl (C=O) groups excluding carboxylic acids is 1. The molecule has 1 amide bonds. The number of anilines is 1. The van der Waals surface area contributed by atoms with Crippen molar-refractivity contribution in [3.05, 3.63) is 23.8 Å². The predicted octanol–water partition coefficient (Wildman–Crippen LogP) is 2.96. The standard InChI is InChI=1S/C16H24N2O4/c1-15(2,3)22-14(19)18-13-9-11(20-4)5-6-12(13)16(7-8-16)10-21-17/h5-6,9H,7-8,10,17H2,1-4H3,(H,18,19). The number of hydrogen-bond acceptors (Lipinski definition) is 5. The summed E-state index contributed by atoms with van der Waals surface area (Å²) >= 11 is 0. The Kier molecular flexibility index (Phi) is 4.63. The van der Waals surface area contributed by atoms with Crippen molar-refractivity contribution in [2.45, 2.75) is 44.6 Å². The fourth-order valence-corrected chi connectivity index (χ4v) is 2.43. The number of benzene rings is 1. The van der Waals surface area contributed by atoms with E-state index in [9.17, 15) is 4.79 Å². The molecule has 1 saturated carbocycles. The van der Waals surface area contributed by atoms with E-state index in [1.165, 1.54) is 0 Å². The first-order valence-electron chi connectivity index (χ1n) is 7.30. The van der Waals surface area contributed by atoms with Gasteiger partial charge in [0.25, 0.3) is 0 Å². The minimum Gasteiger partial charge on any atom is -0.497 e. The minimum absolute atomic E-state index is 0.134. The molecule has 1 aliphatic carbocycles. The fourth-order valence-electron chi connectivity index (χ4n) is 2.43. The Morgan fingerprint density at radius 3 is 2.55 bits per heavy atom. The maximum Gasteiger partial charge on any atom is 0.412 e. The van der Waals surface area contributed by atoms with Gasteiger partial charge in [-0.05, 0) is 45.2 Å². The van der Waals surface area contributed by atoms with Crippen LogP contribution in [0.5, 0.6) is 5.75 Å². The third-order valence-electron chi connectivity index (χ3n) is 3.65. The van der Waals surface area contributed by atoms with Gasteiger partial charge in [-0.25, -0.2) is 10.7 Å². The van der Waals surface area contributed by atoms with Crippen molar-refractivity contribution in [1.82, 2.24) is 0 Å². The van der Waals surface area contributed by atoms with E-state index in [-0.39, 0.29) is 5.41 Å². The van der Waals surface area contributed by atoms with Crippen LogP contribution in [0.2, 0.25) is 0 Å². The molecule has 6 nitrogen and oxygen atoms in total. The summed E-state index contributed by atoms with van der Waals surface area (Å²) in [6.07, 6.45) is 1.45. The summed E-state index contributed by atoms with van der Waals surface area (Å²) in [5.74, 6) is 5.91. The largest absolute Gasteiger partial charge is 0.497 e. The molecule has 0 saturated heterocycles. The molecule has 0 atom stereocenters. The van der Waals surface area contributed by atoms with Crippen LogP contribution in [0.4, 0.5) is 10.5 Å². The molecule has 1 aliphatic rings. The van der Waals surface area contributed by atoms with E-state index in [1.54, 1.807) is 13.2 Å². The summed E-state index contributed by atoms with van der Waals surface area (Å²) in [7, 11) is 1.59. The number of amides is 1. The van der Waals surface area contributed by atoms with Crippen LogP contribution >= 0.6 is 0 Å². The Morgan fingerprint density at radius 2 is 2.05 bits per heavy atom. The highest BCUT2D eigenvalue weighted by molar-refractivity contribution is 5.87. The maximum atomic E-state index is 12.1. The number of hydrogen-bond donors (Lipinski definition) is 2. The first kappa shape index (κ1) is 16.6. The van der Waals surface area contributed by atoms with Crippen LogP contribution in [0, 0.1) is 0 Å². The lowest BCUT2D eigenvalue weighted by Gasteiger charge is -2.23. The molecule has 0 radical (unpaired) electrons. The van der Waals surface area contributed by atoms with Gasteiger partial charge in [0.1, 0.15) is 11.4 Å². The molecular formula is C16H24N2O4. The van der Waals surface area contributed by atoms with Gasteiger partial charge in [0, 0.05) is 11.5 Å². The highest BCUT2D eigenvalue weighted by Crippen LogP contribution is 2.51. The Labute approximate surface area is 130 Å². The summed E-state index contributed by atoms with van der Waals surface area (Å²) in [6, 6.07) is 5.60. The molecule has 3 N–H and O–H groups in total. The van der Waals surface area contributed by atoms with Crippen molar-refractivity contribution < 1.29 is 19.1 Å². The smallest absolute Gasteiger partial charge is 0.412 e. The third-order valence-corrected chi connectivity index (χ3v) is 3.65. The van der Waals surface area contributed by atoms with Crippen molar-refractivity contribution in [2.24, 2.45) is 5.90 Å². The van der Waals surface area contributed by atoms with E-state index in [0.717, 1.165) is 18.4 Å². The van der Waals surface area contributed by atoms with Crippen molar-refractivity contribution in [2.75, 3.05) is 19.0 Å². The van der Waals surface area contributed by atoms with E-state index in [2.05, 4.69) is 5.32 Å². The van der Waals surface area contributed by atoms with Gasteiger partial charge in [0.2, 0.25) is 0 Å².